The molecule has 0 aliphatic carbocycles. The molecule has 2 fully saturated rings. The number of nitrogens with one attached hydrogen (secondary N) is 3. The molecule has 0 radical (unpaired) electrons. The smallest absolute Gasteiger partial charge is 0.323 e. The summed E-state index contributed by atoms with van der Waals surface area (Å²) in [4.78, 5) is 31.9. The van der Waals surface area contributed by atoms with E-state index < -0.39 is 0 Å². The van der Waals surface area contributed by atoms with E-state index in [0.717, 1.165) is 56.0 Å². The SMILES string of the molecule is CN1CCN(c2c(Cl)cc(Nc3ncc(Cl)c(Nc4cccnc4N4CCNC4=O)n3)c3c2CCCO3)CC1. The zero-order chi connectivity index (χ0) is 26.9. The highest BCUT2D eigenvalue weighted by atomic mass is 35.5. The van der Waals surface area contributed by atoms with Crippen LogP contribution in [-0.2, 0) is 6.42 Å². The van der Waals surface area contributed by atoms with Crippen molar-refractivity contribution in [1.29, 1.82) is 0 Å². The molecule has 3 aliphatic heterocycles. The van der Waals surface area contributed by atoms with Gasteiger partial charge in [-0.2, -0.15) is 4.98 Å². The van der Waals surface area contributed by atoms with Crippen molar-refractivity contribution in [1.82, 2.24) is 25.2 Å². The summed E-state index contributed by atoms with van der Waals surface area (Å²) in [6.45, 7) is 5.52. The molecule has 0 spiro atoms. The van der Waals surface area contributed by atoms with Crippen LogP contribution in [0.1, 0.15) is 12.0 Å². The number of rotatable bonds is 6. The van der Waals surface area contributed by atoms with Gasteiger partial charge < -0.3 is 30.5 Å². The lowest BCUT2D eigenvalue weighted by molar-refractivity contribution is 0.252. The Bertz CT molecular complexity index is 1400. The van der Waals surface area contributed by atoms with Crippen LogP contribution in [0.4, 0.5) is 39.4 Å². The Morgan fingerprint density at radius 2 is 1.90 bits per heavy atom. The summed E-state index contributed by atoms with van der Waals surface area (Å²) in [5.41, 5.74) is 3.47. The highest BCUT2D eigenvalue weighted by molar-refractivity contribution is 6.34. The number of benzene rings is 1. The number of hydrogen-bond donors (Lipinski definition) is 3. The van der Waals surface area contributed by atoms with Gasteiger partial charge in [-0.25, -0.2) is 14.8 Å². The molecular weight excluding hydrogens is 541 g/mol. The Balaban J connectivity index is 1.29. The van der Waals surface area contributed by atoms with Crippen molar-refractivity contribution in [2.24, 2.45) is 0 Å². The van der Waals surface area contributed by atoms with E-state index in [4.69, 9.17) is 27.9 Å². The molecule has 204 valence electrons. The Hall–Kier alpha value is -3.54. The predicted octanol–water partition coefficient (Wildman–Crippen LogP) is 4.27. The molecule has 2 saturated heterocycles. The van der Waals surface area contributed by atoms with Gasteiger partial charge >= 0.3 is 6.03 Å². The third-order valence-electron chi connectivity index (χ3n) is 7.08. The number of ether oxygens (including phenoxy) is 1. The lowest BCUT2D eigenvalue weighted by atomic mass is 10.0. The first-order valence-corrected chi connectivity index (χ1v) is 13.7. The van der Waals surface area contributed by atoms with Crippen molar-refractivity contribution in [3.05, 3.63) is 46.2 Å². The number of likely N-dealkylation sites (N-methyl/N-ethyl adjacent to an activating group) is 1. The van der Waals surface area contributed by atoms with Crippen LogP contribution in [0.15, 0.2) is 30.6 Å². The molecule has 3 aromatic rings. The van der Waals surface area contributed by atoms with Gasteiger partial charge in [-0.05, 0) is 38.1 Å². The maximum atomic E-state index is 12.2. The van der Waals surface area contributed by atoms with E-state index in [-0.39, 0.29) is 6.03 Å². The van der Waals surface area contributed by atoms with Crippen LogP contribution in [0.3, 0.4) is 0 Å². The number of carbonyl (C=O) groups is 1. The van der Waals surface area contributed by atoms with E-state index in [9.17, 15) is 4.79 Å². The highest BCUT2D eigenvalue weighted by Gasteiger charge is 2.28. The largest absolute Gasteiger partial charge is 0.491 e. The van der Waals surface area contributed by atoms with Crippen LogP contribution in [0.5, 0.6) is 5.75 Å². The fraction of sp³-hybridized carbons (Fsp3) is 0.385. The first-order valence-electron chi connectivity index (χ1n) is 13.0. The molecule has 13 heteroatoms. The third-order valence-corrected chi connectivity index (χ3v) is 7.65. The summed E-state index contributed by atoms with van der Waals surface area (Å²) in [5, 5.41) is 10.3. The van der Waals surface area contributed by atoms with Crippen LogP contribution in [0, 0.1) is 0 Å². The second-order valence-corrected chi connectivity index (χ2v) is 10.5. The molecule has 1 aromatic carbocycles. The lowest BCUT2D eigenvalue weighted by Crippen LogP contribution is -2.45. The molecule has 5 heterocycles. The van der Waals surface area contributed by atoms with Gasteiger partial charge in [0.2, 0.25) is 5.95 Å². The summed E-state index contributed by atoms with van der Waals surface area (Å²) >= 11 is 13.4. The maximum absolute atomic E-state index is 12.2. The van der Waals surface area contributed by atoms with E-state index in [1.54, 1.807) is 17.2 Å². The minimum atomic E-state index is -0.199. The molecule has 6 rings (SSSR count). The zero-order valence-electron chi connectivity index (χ0n) is 21.5. The van der Waals surface area contributed by atoms with Crippen LogP contribution < -0.4 is 30.5 Å². The topological polar surface area (TPSA) is 111 Å². The molecule has 0 saturated carbocycles. The number of halogens is 2. The van der Waals surface area contributed by atoms with Gasteiger partial charge in [0.05, 0.1) is 34.9 Å². The fourth-order valence-electron chi connectivity index (χ4n) is 5.11. The number of hydrogen-bond acceptors (Lipinski definition) is 9. The number of piperazine rings is 1. The minimum Gasteiger partial charge on any atom is -0.491 e. The second kappa shape index (κ2) is 10.9. The molecule has 0 unspecified atom stereocenters. The monoisotopic (exact) mass is 569 g/mol. The molecule has 2 aromatic heterocycles. The molecule has 3 aliphatic rings. The number of urea groups is 1. The van der Waals surface area contributed by atoms with Gasteiger partial charge in [-0.15, -0.1) is 0 Å². The molecule has 11 nitrogen and oxygen atoms in total. The van der Waals surface area contributed by atoms with E-state index in [1.807, 2.05) is 12.1 Å². The second-order valence-electron chi connectivity index (χ2n) is 9.70. The zero-order valence-corrected chi connectivity index (χ0v) is 23.0. The standard InChI is InChI=1S/C26H29Cl2N9O2/c1-35-9-11-36(12-10-35)21-16-4-3-13-39-22(16)20(14-17(21)27)33-25-31-15-18(28)23(34-25)32-19-5-2-6-29-24(19)37-8-7-30-26(37)38/h2,5-6,14-15H,3-4,7-13H2,1H3,(H,30,38)(H2,31,32,33,34). The average Bonchev–Trinajstić information content (AvgIpc) is 3.37. The number of fused-ring (bicyclic) bond motifs is 1. The van der Waals surface area contributed by atoms with Gasteiger partial charge in [0, 0.05) is 51.0 Å². The Kier molecular flexibility index (Phi) is 7.20. The van der Waals surface area contributed by atoms with Crippen molar-refractivity contribution in [3.8, 4) is 5.75 Å². The summed E-state index contributed by atoms with van der Waals surface area (Å²) in [7, 11) is 2.14. The summed E-state index contributed by atoms with van der Waals surface area (Å²) in [6, 6.07) is 5.28. The van der Waals surface area contributed by atoms with Crippen LogP contribution in [0.25, 0.3) is 0 Å². The predicted molar refractivity (Wildman–Crippen MR) is 154 cm³/mol. The van der Waals surface area contributed by atoms with Gasteiger partial charge in [-0.3, -0.25) is 4.90 Å². The summed E-state index contributed by atoms with van der Waals surface area (Å²) in [5.74, 6) is 1.97. The molecular formula is C26H29Cl2N9O2. The van der Waals surface area contributed by atoms with E-state index in [0.29, 0.717) is 58.7 Å². The Morgan fingerprint density at radius 1 is 1.05 bits per heavy atom. The average molecular weight is 570 g/mol. The van der Waals surface area contributed by atoms with Crippen molar-refractivity contribution in [3.63, 3.8) is 0 Å². The van der Waals surface area contributed by atoms with E-state index >= 15 is 0 Å². The number of nitrogens with zero attached hydrogens (tertiary/aromatic N) is 6. The number of pyridine rings is 1. The van der Waals surface area contributed by atoms with Crippen molar-refractivity contribution < 1.29 is 9.53 Å². The summed E-state index contributed by atoms with van der Waals surface area (Å²) in [6.07, 6.45) is 4.97. The van der Waals surface area contributed by atoms with Crippen molar-refractivity contribution >= 4 is 63.9 Å². The molecule has 2 amide bonds. The Morgan fingerprint density at radius 3 is 2.69 bits per heavy atom. The van der Waals surface area contributed by atoms with Gasteiger partial charge in [0.25, 0.3) is 0 Å². The minimum absolute atomic E-state index is 0.199. The van der Waals surface area contributed by atoms with Gasteiger partial charge in [0.1, 0.15) is 10.8 Å². The van der Waals surface area contributed by atoms with Crippen LogP contribution in [-0.4, -0.2) is 78.8 Å². The van der Waals surface area contributed by atoms with E-state index in [1.165, 1.54) is 6.20 Å². The first kappa shape index (κ1) is 25.7. The fourth-order valence-corrected chi connectivity index (χ4v) is 5.59. The highest BCUT2D eigenvalue weighted by Crippen LogP contribution is 2.45. The number of anilines is 6. The van der Waals surface area contributed by atoms with Crippen molar-refractivity contribution in [2.45, 2.75) is 12.8 Å². The Labute approximate surface area is 236 Å². The quantitative estimate of drug-likeness (QED) is 0.400. The number of aromatic nitrogens is 3. The van der Waals surface area contributed by atoms with Gasteiger partial charge in [-0.1, -0.05) is 23.2 Å². The summed E-state index contributed by atoms with van der Waals surface area (Å²) < 4.78 is 6.16. The molecule has 39 heavy (non-hydrogen) atoms. The third kappa shape index (κ3) is 5.21. The molecule has 0 atom stereocenters. The van der Waals surface area contributed by atoms with Crippen LogP contribution in [0.2, 0.25) is 10.0 Å². The lowest BCUT2D eigenvalue weighted by Gasteiger charge is -2.37. The number of amides is 2. The van der Waals surface area contributed by atoms with E-state index in [2.05, 4.69) is 47.7 Å². The first-order chi connectivity index (χ1) is 19.0. The molecule has 0 bridgehead atoms. The van der Waals surface area contributed by atoms with Gasteiger partial charge in [0.15, 0.2) is 11.6 Å². The van der Waals surface area contributed by atoms with Crippen molar-refractivity contribution in [2.75, 3.05) is 73.4 Å². The van der Waals surface area contributed by atoms with Crippen LogP contribution >= 0.6 is 23.2 Å². The normalized spacial score (nSPS) is 17.5. The maximum Gasteiger partial charge on any atom is 0.323 e. The number of carbonyl (C=O) groups excluding carboxylic acids is 1. The molecule has 3 N–H and O–H groups in total.